The van der Waals surface area contributed by atoms with Gasteiger partial charge in [-0.25, -0.2) is 0 Å². The van der Waals surface area contributed by atoms with Gasteiger partial charge in [-0.15, -0.1) is 10.2 Å². The van der Waals surface area contributed by atoms with E-state index in [4.69, 9.17) is 16.7 Å². The van der Waals surface area contributed by atoms with Crippen molar-refractivity contribution < 1.29 is 9.90 Å². The predicted molar refractivity (Wildman–Crippen MR) is 84.8 cm³/mol. The minimum absolute atomic E-state index is 0.192. The van der Waals surface area contributed by atoms with Gasteiger partial charge in [-0.1, -0.05) is 35.5 Å². The van der Waals surface area contributed by atoms with Crippen molar-refractivity contribution in [2.75, 3.05) is 12.4 Å². The Bertz CT molecular complexity index is 691. The molecule has 0 unspecified atom stereocenters. The monoisotopic (exact) mass is 338 g/mol. The van der Waals surface area contributed by atoms with Gasteiger partial charge in [0.25, 0.3) is 0 Å². The van der Waals surface area contributed by atoms with Crippen LogP contribution in [0.5, 0.6) is 0 Å². The third-order valence-electron chi connectivity index (χ3n) is 3.38. The number of carboxylic acids is 1. The minimum Gasteiger partial charge on any atom is -0.481 e. The van der Waals surface area contributed by atoms with Gasteiger partial charge in [-0.05, 0) is 18.6 Å². The highest BCUT2D eigenvalue weighted by Crippen LogP contribution is 2.29. The normalized spacial score (nSPS) is 14.8. The summed E-state index contributed by atoms with van der Waals surface area (Å²) in [5, 5.41) is 18.8. The van der Waals surface area contributed by atoms with Crippen molar-refractivity contribution in [3.05, 3.63) is 29.3 Å². The molecule has 0 amide bonds. The molecule has 6 nitrogen and oxygen atoms in total. The fraction of sp³-hybridized carbons (Fsp3) is 0.357. The second-order valence-corrected chi connectivity index (χ2v) is 6.40. The van der Waals surface area contributed by atoms with Crippen molar-refractivity contribution in [3.63, 3.8) is 0 Å². The second-order valence-electron chi connectivity index (χ2n) is 5.05. The average Bonchev–Trinajstić information content (AvgIpc) is 2.90. The molecule has 0 fully saturated rings. The lowest BCUT2D eigenvalue weighted by Gasteiger charge is -2.27. The number of aliphatic carboxylic acids is 1. The molecule has 1 aromatic carbocycles. The van der Waals surface area contributed by atoms with Gasteiger partial charge in [0.05, 0.1) is 12.5 Å². The molecular weight excluding hydrogens is 324 g/mol. The fourth-order valence-corrected chi connectivity index (χ4v) is 3.44. The molecule has 0 spiro atoms. The fourth-order valence-electron chi connectivity index (χ4n) is 2.34. The molecule has 2 aromatic rings. The first-order chi connectivity index (χ1) is 10.6. The summed E-state index contributed by atoms with van der Waals surface area (Å²) in [5.41, 5.74) is 0.930. The van der Waals surface area contributed by atoms with Gasteiger partial charge in [-0.2, -0.15) is 0 Å². The van der Waals surface area contributed by atoms with Crippen LogP contribution >= 0.6 is 23.4 Å². The zero-order chi connectivity index (χ0) is 15.5. The highest BCUT2D eigenvalue weighted by Gasteiger charge is 2.22. The van der Waals surface area contributed by atoms with Crippen molar-refractivity contribution in [1.29, 1.82) is 0 Å². The molecule has 0 saturated carbocycles. The molecule has 1 aliphatic heterocycles. The van der Waals surface area contributed by atoms with Gasteiger partial charge < -0.3 is 5.11 Å². The summed E-state index contributed by atoms with van der Waals surface area (Å²) in [6, 6.07) is 7.54. The van der Waals surface area contributed by atoms with E-state index < -0.39 is 5.97 Å². The van der Waals surface area contributed by atoms with Crippen LogP contribution in [-0.4, -0.2) is 43.2 Å². The second kappa shape index (κ2) is 6.68. The summed E-state index contributed by atoms with van der Waals surface area (Å²) in [7, 11) is 0. The molecule has 3 rings (SSSR count). The van der Waals surface area contributed by atoms with Crippen LogP contribution in [0.3, 0.4) is 0 Å². The zero-order valence-electron chi connectivity index (χ0n) is 11.8. The summed E-state index contributed by atoms with van der Waals surface area (Å²) < 4.78 is 2.04. The van der Waals surface area contributed by atoms with E-state index in [1.807, 2.05) is 28.8 Å². The molecule has 1 aromatic heterocycles. The Balaban J connectivity index is 1.75. The van der Waals surface area contributed by atoms with E-state index in [9.17, 15) is 4.79 Å². The molecule has 0 bridgehead atoms. The molecule has 116 valence electrons. The summed E-state index contributed by atoms with van der Waals surface area (Å²) >= 11 is 7.65. The SMILES string of the molecule is O=C(O)CCCN1CSc2nnc(-c3cccc(Cl)c3)n2C1. The topological polar surface area (TPSA) is 71.2 Å². The van der Waals surface area contributed by atoms with Crippen molar-refractivity contribution in [1.82, 2.24) is 19.7 Å². The van der Waals surface area contributed by atoms with E-state index in [1.54, 1.807) is 11.8 Å². The van der Waals surface area contributed by atoms with E-state index in [2.05, 4.69) is 15.1 Å². The predicted octanol–water partition coefficient (Wildman–Crippen LogP) is 2.79. The van der Waals surface area contributed by atoms with Gasteiger partial charge >= 0.3 is 5.97 Å². The van der Waals surface area contributed by atoms with Gasteiger partial charge in [0, 0.05) is 23.6 Å². The third-order valence-corrected chi connectivity index (χ3v) is 4.67. The Morgan fingerprint density at radius 3 is 3.05 bits per heavy atom. The number of aromatic nitrogens is 3. The lowest BCUT2D eigenvalue weighted by molar-refractivity contribution is -0.137. The van der Waals surface area contributed by atoms with Gasteiger partial charge in [0.1, 0.15) is 0 Å². The summed E-state index contributed by atoms with van der Waals surface area (Å²) in [6.07, 6.45) is 0.831. The Hall–Kier alpha value is -1.57. The van der Waals surface area contributed by atoms with Crippen molar-refractivity contribution >= 4 is 29.3 Å². The van der Waals surface area contributed by atoms with Crippen LogP contribution in [0, 0.1) is 0 Å². The lowest BCUT2D eigenvalue weighted by Crippen LogP contribution is -2.31. The number of carbonyl (C=O) groups is 1. The number of nitrogens with zero attached hydrogens (tertiary/aromatic N) is 4. The van der Waals surface area contributed by atoms with Crippen LogP contribution in [-0.2, 0) is 11.5 Å². The molecule has 0 atom stereocenters. The number of benzene rings is 1. The van der Waals surface area contributed by atoms with Crippen LogP contribution in [0.1, 0.15) is 12.8 Å². The summed E-state index contributed by atoms with van der Waals surface area (Å²) in [4.78, 5) is 12.8. The number of rotatable bonds is 5. The Morgan fingerprint density at radius 1 is 1.41 bits per heavy atom. The summed E-state index contributed by atoms with van der Waals surface area (Å²) in [6.45, 7) is 1.41. The molecule has 2 heterocycles. The maximum Gasteiger partial charge on any atom is 0.303 e. The minimum atomic E-state index is -0.755. The molecule has 0 saturated heterocycles. The first kappa shape index (κ1) is 15.3. The Morgan fingerprint density at radius 2 is 2.27 bits per heavy atom. The Labute approximate surface area is 137 Å². The van der Waals surface area contributed by atoms with Crippen LogP contribution in [0.2, 0.25) is 5.02 Å². The van der Waals surface area contributed by atoms with Crippen LogP contribution in [0.25, 0.3) is 11.4 Å². The smallest absolute Gasteiger partial charge is 0.303 e. The number of carboxylic acid groups (broad SMARTS) is 1. The summed E-state index contributed by atoms with van der Waals surface area (Å²) in [5.74, 6) is 0.829. The van der Waals surface area contributed by atoms with Crippen molar-refractivity contribution in [2.24, 2.45) is 0 Å². The average molecular weight is 339 g/mol. The van der Waals surface area contributed by atoms with E-state index in [1.165, 1.54) is 0 Å². The number of fused-ring (bicyclic) bond motifs is 1. The molecule has 8 heteroatoms. The van der Waals surface area contributed by atoms with Crippen LogP contribution in [0.4, 0.5) is 0 Å². The number of thioether (sulfide) groups is 1. The maximum absolute atomic E-state index is 10.6. The number of hydrogen-bond donors (Lipinski definition) is 1. The van der Waals surface area contributed by atoms with Crippen LogP contribution in [0.15, 0.2) is 29.4 Å². The number of hydrogen-bond acceptors (Lipinski definition) is 5. The third kappa shape index (κ3) is 3.43. The van der Waals surface area contributed by atoms with E-state index in [0.717, 1.165) is 29.0 Å². The van der Waals surface area contributed by atoms with Gasteiger partial charge in [0.2, 0.25) is 0 Å². The molecular formula is C14H15ClN4O2S. The van der Waals surface area contributed by atoms with Crippen molar-refractivity contribution in [3.8, 4) is 11.4 Å². The lowest BCUT2D eigenvalue weighted by atomic mass is 10.2. The molecule has 1 aliphatic rings. The molecule has 22 heavy (non-hydrogen) atoms. The highest BCUT2D eigenvalue weighted by molar-refractivity contribution is 7.99. The Kier molecular flexibility index (Phi) is 4.66. The molecule has 0 radical (unpaired) electrons. The standard InChI is InChI=1S/C14H15ClN4O2S/c15-11-4-1-3-10(7-11)13-16-17-14-19(13)8-18(9-22-14)6-2-5-12(20)21/h1,3-4,7H,2,5-6,8-9H2,(H,20,21). The van der Waals surface area contributed by atoms with Crippen molar-refractivity contribution in [2.45, 2.75) is 24.7 Å². The van der Waals surface area contributed by atoms with E-state index >= 15 is 0 Å². The zero-order valence-corrected chi connectivity index (χ0v) is 13.3. The quantitative estimate of drug-likeness (QED) is 0.903. The van der Waals surface area contributed by atoms with Gasteiger partial charge in [0.15, 0.2) is 11.0 Å². The van der Waals surface area contributed by atoms with E-state index in [0.29, 0.717) is 18.1 Å². The largest absolute Gasteiger partial charge is 0.481 e. The van der Waals surface area contributed by atoms with Gasteiger partial charge in [-0.3, -0.25) is 14.3 Å². The highest BCUT2D eigenvalue weighted by atomic mass is 35.5. The first-order valence-electron chi connectivity index (χ1n) is 6.89. The van der Waals surface area contributed by atoms with E-state index in [-0.39, 0.29) is 6.42 Å². The first-order valence-corrected chi connectivity index (χ1v) is 8.26. The van der Waals surface area contributed by atoms with Crippen LogP contribution < -0.4 is 0 Å². The molecule has 0 aliphatic carbocycles. The number of halogens is 1. The molecule has 1 N–H and O–H groups in total. The maximum atomic E-state index is 10.6.